The van der Waals surface area contributed by atoms with Crippen molar-refractivity contribution in [3.05, 3.63) is 71.3 Å². The number of methoxy groups -OCH3 is 1. The van der Waals surface area contributed by atoms with Crippen LogP contribution in [0.5, 0.6) is 40.2 Å². The van der Waals surface area contributed by atoms with Crippen LogP contribution in [0.4, 0.5) is 0 Å². The highest BCUT2D eigenvalue weighted by atomic mass is 16.8. The van der Waals surface area contributed by atoms with E-state index in [0.29, 0.717) is 5.56 Å². The highest BCUT2D eigenvalue weighted by Crippen LogP contribution is 2.55. The fraction of sp³-hybridized carbons (Fsp3) is 0.120. The van der Waals surface area contributed by atoms with Gasteiger partial charge in [-0.1, -0.05) is 6.07 Å². The zero-order valence-electron chi connectivity index (χ0n) is 18.5. The van der Waals surface area contributed by atoms with E-state index in [1.54, 1.807) is 0 Å². The number of phenols is 3. The van der Waals surface area contributed by atoms with Gasteiger partial charge in [0, 0.05) is 23.8 Å². The first-order valence-corrected chi connectivity index (χ1v) is 10.4. The first-order valence-electron chi connectivity index (χ1n) is 10.4. The van der Waals surface area contributed by atoms with Gasteiger partial charge in [0.2, 0.25) is 0 Å². The first-order chi connectivity index (χ1) is 17.1. The molecular formula is C25H18O11. The molecule has 0 radical (unpaired) electrons. The van der Waals surface area contributed by atoms with Gasteiger partial charge < -0.3 is 44.5 Å². The molecule has 0 aliphatic carbocycles. The minimum atomic E-state index is -2.93. The lowest BCUT2D eigenvalue weighted by molar-refractivity contribution is -0.316. The average molecular weight is 494 g/mol. The van der Waals surface area contributed by atoms with Gasteiger partial charge in [-0.15, -0.1) is 0 Å². The number of benzene rings is 3. The molecule has 2 heterocycles. The SMILES string of the molecule is COc1cc(C23Oc4ccc(/C=C/C(=O)O)cc4OC2(O)C(=O)c2c(O)cc(O)cc2O3)ccc1O. The molecule has 0 amide bonds. The molecule has 3 aromatic carbocycles. The standard InChI is InChI=1S/C25H18O11/c1-33-18-9-13(4-5-15(18)27)25-24(32,23(31)22-16(28)10-14(26)11-20(22)36-25)34-19-8-12(3-7-21(29)30)2-6-17(19)35-25/h2-11,26-28,32H,1H3,(H,29,30)/b7-3+. The molecule has 36 heavy (non-hydrogen) atoms. The third-order valence-corrected chi connectivity index (χ3v) is 5.76. The quantitative estimate of drug-likeness (QED) is 0.337. The summed E-state index contributed by atoms with van der Waals surface area (Å²) < 4.78 is 23.0. The molecule has 0 saturated carbocycles. The molecule has 11 heteroatoms. The van der Waals surface area contributed by atoms with Crippen molar-refractivity contribution < 1.29 is 54.1 Å². The largest absolute Gasteiger partial charge is 0.508 e. The Morgan fingerprint density at radius 2 is 1.67 bits per heavy atom. The summed E-state index contributed by atoms with van der Waals surface area (Å²) in [6.07, 6.45) is 2.16. The third-order valence-electron chi connectivity index (χ3n) is 5.76. The Kier molecular flexibility index (Phi) is 4.97. The average Bonchev–Trinajstić information content (AvgIpc) is 2.82. The van der Waals surface area contributed by atoms with Gasteiger partial charge >= 0.3 is 17.5 Å². The van der Waals surface area contributed by atoms with Gasteiger partial charge in [-0.2, -0.15) is 0 Å². The number of rotatable bonds is 4. The van der Waals surface area contributed by atoms with Gasteiger partial charge in [0.05, 0.1) is 7.11 Å². The maximum Gasteiger partial charge on any atom is 0.357 e. The highest BCUT2D eigenvalue weighted by molar-refractivity contribution is 6.08. The second-order valence-electron chi connectivity index (χ2n) is 8.00. The predicted molar refractivity (Wildman–Crippen MR) is 120 cm³/mol. The first kappa shape index (κ1) is 22.9. The smallest absolute Gasteiger partial charge is 0.357 e. The summed E-state index contributed by atoms with van der Waals surface area (Å²) in [6.45, 7) is 0. The number of carbonyl (C=O) groups is 2. The maximum atomic E-state index is 13.7. The van der Waals surface area contributed by atoms with Crippen molar-refractivity contribution in [2.24, 2.45) is 0 Å². The Morgan fingerprint density at radius 3 is 2.39 bits per heavy atom. The van der Waals surface area contributed by atoms with Crippen molar-refractivity contribution >= 4 is 17.8 Å². The monoisotopic (exact) mass is 494 g/mol. The predicted octanol–water partition coefficient (Wildman–Crippen LogP) is 2.50. The molecule has 184 valence electrons. The zero-order chi connectivity index (χ0) is 25.8. The molecule has 5 N–H and O–H groups in total. The van der Waals surface area contributed by atoms with Crippen LogP contribution in [0.25, 0.3) is 6.08 Å². The van der Waals surface area contributed by atoms with Crippen molar-refractivity contribution in [2.45, 2.75) is 11.6 Å². The van der Waals surface area contributed by atoms with Gasteiger partial charge in [-0.3, -0.25) is 4.79 Å². The Morgan fingerprint density at radius 1 is 0.917 bits per heavy atom. The van der Waals surface area contributed by atoms with E-state index < -0.39 is 40.4 Å². The van der Waals surface area contributed by atoms with E-state index >= 15 is 0 Å². The molecule has 0 spiro atoms. The van der Waals surface area contributed by atoms with Gasteiger partial charge in [0.1, 0.15) is 22.8 Å². The highest BCUT2D eigenvalue weighted by Gasteiger charge is 2.70. The summed E-state index contributed by atoms with van der Waals surface area (Å²) in [5.41, 5.74) is -0.118. The lowest BCUT2D eigenvalue weighted by Crippen LogP contribution is -2.70. The molecule has 5 rings (SSSR count). The van der Waals surface area contributed by atoms with Crippen molar-refractivity contribution in [3.63, 3.8) is 0 Å². The van der Waals surface area contributed by atoms with Gasteiger partial charge in [0.15, 0.2) is 23.0 Å². The van der Waals surface area contributed by atoms with Crippen LogP contribution in [-0.4, -0.2) is 50.2 Å². The van der Waals surface area contributed by atoms with Crippen LogP contribution >= 0.6 is 0 Å². The number of hydrogen-bond donors (Lipinski definition) is 5. The lowest BCUT2D eigenvalue weighted by Gasteiger charge is -2.50. The summed E-state index contributed by atoms with van der Waals surface area (Å²) in [6, 6.07) is 10.0. The minimum Gasteiger partial charge on any atom is -0.508 e. The number of phenolic OH excluding ortho intramolecular Hbond substituents is 3. The van der Waals surface area contributed by atoms with E-state index in [4.69, 9.17) is 24.1 Å². The molecular weight excluding hydrogens is 476 g/mol. The number of fused-ring (bicyclic) bond motifs is 3. The van der Waals surface area contributed by atoms with E-state index in [2.05, 4.69) is 0 Å². The van der Waals surface area contributed by atoms with Crippen molar-refractivity contribution in [2.75, 3.05) is 7.11 Å². The van der Waals surface area contributed by atoms with Crippen molar-refractivity contribution in [1.82, 2.24) is 0 Å². The number of ether oxygens (including phenoxy) is 4. The molecule has 3 aromatic rings. The summed E-state index contributed by atoms with van der Waals surface area (Å²) in [5, 5.41) is 51.1. The Labute approximate surface area is 202 Å². The summed E-state index contributed by atoms with van der Waals surface area (Å²) >= 11 is 0. The second-order valence-corrected chi connectivity index (χ2v) is 8.00. The van der Waals surface area contributed by atoms with E-state index in [-0.39, 0.29) is 34.3 Å². The molecule has 0 saturated heterocycles. The minimum absolute atomic E-state index is 0.0121. The number of ketones is 1. The number of carboxylic acids is 1. The van der Waals surface area contributed by atoms with Gasteiger partial charge in [0.25, 0.3) is 5.78 Å². The van der Waals surface area contributed by atoms with Gasteiger partial charge in [-0.05, 0) is 42.0 Å². The topological polar surface area (TPSA) is 172 Å². The number of hydrogen-bond acceptors (Lipinski definition) is 10. The van der Waals surface area contributed by atoms with Crippen LogP contribution in [0.2, 0.25) is 0 Å². The Hall–Kier alpha value is -4.90. The fourth-order valence-corrected chi connectivity index (χ4v) is 4.11. The molecule has 2 aliphatic heterocycles. The number of aliphatic carboxylic acids is 1. The van der Waals surface area contributed by atoms with Crippen LogP contribution in [0.1, 0.15) is 21.5 Å². The van der Waals surface area contributed by atoms with Crippen LogP contribution in [0.15, 0.2) is 54.6 Å². The second kappa shape index (κ2) is 7.82. The summed E-state index contributed by atoms with van der Waals surface area (Å²) in [7, 11) is 1.29. The third kappa shape index (κ3) is 3.25. The van der Waals surface area contributed by atoms with Crippen LogP contribution in [-0.2, 0) is 10.6 Å². The molecule has 11 nitrogen and oxygen atoms in total. The molecule has 0 bridgehead atoms. The Balaban J connectivity index is 1.75. The van der Waals surface area contributed by atoms with E-state index in [0.717, 1.165) is 18.2 Å². The van der Waals surface area contributed by atoms with Crippen molar-refractivity contribution in [1.29, 1.82) is 0 Å². The lowest BCUT2D eigenvalue weighted by atomic mass is 9.85. The molecule has 2 unspecified atom stereocenters. The Bertz CT molecular complexity index is 1460. The van der Waals surface area contributed by atoms with Crippen LogP contribution < -0.4 is 18.9 Å². The number of aliphatic hydroxyl groups is 1. The van der Waals surface area contributed by atoms with Crippen molar-refractivity contribution in [3.8, 4) is 40.2 Å². The number of Topliss-reactive ketones (excluding diaryl/α,β-unsaturated/α-hetero) is 1. The normalized spacial score (nSPS) is 21.9. The number of carboxylic acid groups (broad SMARTS) is 1. The van der Waals surface area contributed by atoms with Gasteiger partial charge in [-0.25, -0.2) is 4.79 Å². The molecule has 2 aliphatic rings. The fourth-order valence-electron chi connectivity index (χ4n) is 4.11. The van der Waals surface area contributed by atoms with E-state index in [9.17, 15) is 30.0 Å². The summed E-state index contributed by atoms with van der Waals surface area (Å²) in [4.78, 5) is 24.5. The maximum absolute atomic E-state index is 13.7. The van der Waals surface area contributed by atoms with Crippen LogP contribution in [0, 0.1) is 0 Å². The van der Waals surface area contributed by atoms with E-state index in [1.165, 1.54) is 49.6 Å². The molecule has 0 aromatic heterocycles. The molecule has 2 atom stereocenters. The number of aromatic hydroxyl groups is 3. The van der Waals surface area contributed by atoms with E-state index in [1.807, 2.05) is 0 Å². The summed E-state index contributed by atoms with van der Waals surface area (Å²) in [5.74, 6) is -9.47. The number of carbonyl (C=O) groups excluding carboxylic acids is 1. The molecule has 0 fully saturated rings. The van der Waals surface area contributed by atoms with Crippen LogP contribution in [0.3, 0.4) is 0 Å². The zero-order valence-corrected chi connectivity index (χ0v) is 18.5.